The maximum atomic E-state index is 6.12. The summed E-state index contributed by atoms with van der Waals surface area (Å²) in [5.74, 6) is 0.537. The fraction of sp³-hybridized carbons (Fsp3) is 0.462. The number of hydrogen-bond acceptors (Lipinski definition) is 2. The molecule has 1 heterocycles. The van der Waals surface area contributed by atoms with Gasteiger partial charge in [0.1, 0.15) is 5.52 Å². The summed E-state index contributed by atoms with van der Waals surface area (Å²) < 4.78 is 2.05. The van der Waals surface area contributed by atoms with Crippen LogP contribution >= 0.6 is 11.6 Å². The van der Waals surface area contributed by atoms with E-state index in [-0.39, 0.29) is 5.41 Å². The van der Waals surface area contributed by atoms with Crippen LogP contribution in [0.1, 0.15) is 27.2 Å². The zero-order valence-electron chi connectivity index (χ0n) is 10.5. The monoisotopic (exact) mass is 251 g/mol. The van der Waals surface area contributed by atoms with Crippen molar-refractivity contribution in [2.75, 3.05) is 5.73 Å². The van der Waals surface area contributed by atoms with E-state index in [1.807, 2.05) is 22.8 Å². The number of anilines is 1. The molecule has 0 radical (unpaired) electrons. The van der Waals surface area contributed by atoms with Crippen LogP contribution < -0.4 is 5.73 Å². The Balaban J connectivity index is 2.54. The summed E-state index contributed by atoms with van der Waals surface area (Å²) in [6, 6.07) is 5.78. The van der Waals surface area contributed by atoms with Gasteiger partial charge in [0.05, 0.1) is 10.5 Å². The highest BCUT2D eigenvalue weighted by Crippen LogP contribution is 2.29. The average molecular weight is 252 g/mol. The van der Waals surface area contributed by atoms with Crippen LogP contribution in [-0.4, -0.2) is 9.55 Å². The lowest BCUT2D eigenvalue weighted by Gasteiger charge is -2.24. The molecule has 1 aromatic carbocycles. The summed E-state index contributed by atoms with van der Waals surface area (Å²) in [6.07, 6.45) is 1.09. The van der Waals surface area contributed by atoms with Gasteiger partial charge < -0.3 is 10.3 Å². The number of para-hydroxylation sites is 1. The van der Waals surface area contributed by atoms with Crippen LogP contribution in [0.4, 0.5) is 5.95 Å². The summed E-state index contributed by atoms with van der Waals surface area (Å²) >= 11 is 6.12. The van der Waals surface area contributed by atoms with Crippen molar-refractivity contribution in [2.45, 2.75) is 33.7 Å². The predicted molar refractivity (Wildman–Crippen MR) is 73.2 cm³/mol. The molecule has 17 heavy (non-hydrogen) atoms. The lowest BCUT2D eigenvalue weighted by Crippen LogP contribution is -2.19. The second kappa shape index (κ2) is 4.22. The molecule has 1 aromatic heterocycles. The summed E-state index contributed by atoms with van der Waals surface area (Å²) in [6.45, 7) is 7.49. The Morgan fingerprint density at radius 1 is 1.41 bits per heavy atom. The van der Waals surface area contributed by atoms with E-state index >= 15 is 0 Å². The third-order valence-corrected chi connectivity index (χ3v) is 3.61. The van der Waals surface area contributed by atoms with E-state index in [1.54, 1.807) is 0 Å². The zero-order chi connectivity index (χ0) is 12.6. The van der Waals surface area contributed by atoms with Crippen molar-refractivity contribution in [3.63, 3.8) is 0 Å². The van der Waals surface area contributed by atoms with Crippen molar-refractivity contribution in [3.8, 4) is 0 Å². The lowest BCUT2D eigenvalue weighted by atomic mass is 9.90. The number of nitrogen functional groups attached to an aromatic ring is 1. The fourth-order valence-electron chi connectivity index (χ4n) is 1.84. The van der Waals surface area contributed by atoms with E-state index < -0.39 is 0 Å². The first-order chi connectivity index (χ1) is 7.94. The quantitative estimate of drug-likeness (QED) is 0.904. The van der Waals surface area contributed by atoms with Crippen LogP contribution in [0, 0.1) is 5.41 Å². The molecule has 0 saturated heterocycles. The normalized spacial score (nSPS) is 12.2. The highest BCUT2D eigenvalue weighted by Gasteiger charge is 2.19. The van der Waals surface area contributed by atoms with Crippen molar-refractivity contribution >= 4 is 28.6 Å². The molecular weight excluding hydrogens is 234 g/mol. The van der Waals surface area contributed by atoms with Gasteiger partial charge in [-0.1, -0.05) is 38.4 Å². The smallest absolute Gasteiger partial charge is 0.201 e. The van der Waals surface area contributed by atoms with Crippen LogP contribution in [0.25, 0.3) is 11.0 Å². The molecule has 2 N–H and O–H groups in total. The number of aromatic nitrogens is 2. The standard InChI is InChI=1S/C13H18ClN3/c1-4-13(2,3)8-17-10-7-5-6-9(14)11(10)16-12(17)15/h5-7H,4,8H2,1-3H3,(H2,15,16). The number of rotatable bonds is 3. The molecule has 0 fully saturated rings. The maximum absolute atomic E-state index is 6.12. The Hall–Kier alpha value is -1.22. The molecular formula is C13H18ClN3. The molecule has 2 aromatic rings. The minimum absolute atomic E-state index is 0.198. The maximum Gasteiger partial charge on any atom is 0.201 e. The largest absolute Gasteiger partial charge is 0.369 e. The summed E-state index contributed by atoms with van der Waals surface area (Å²) in [5, 5.41) is 0.655. The Labute approximate surface area is 107 Å². The van der Waals surface area contributed by atoms with E-state index in [2.05, 4.69) is 25.8 Å². The van der Waals surface area contributed by atoms with Crippen LogP contribution in [0.2, 0.25) is 5.02 Å². The van der Waals surface area contributed by atoms with Crippen molar-refractivity contribution in [1.82, 2.24) is 9.55 Å². The minimum atomic E-state index is 0.198. The van der Waals surface area contributed by atoms with Crippen LogP contribution in [0.15, 0.2) is 18.2 Å². The van der Waals surface area contributed by atoms with Crippen LogP contribution in [0.3, 0.4) is 0 Å². The van der Waals surface area contributed by atoms with Gasteiger partial charge in [-0.3, -0.25) is 0 Å². The SMILES string of the molecule is CCC(C)(C)Cn1c(N)nc2c(Cl)cccc21. The number of halogens is 1. The molecule has 0 bridgehead atoms. The molecule has 3 nitrogen and oxygen atoms in total. The molecule has 2 rings (SSSR count). The van der Waals surface area contributed by atoms with E-state index in [1.165, 1.54) is 0 Å². The number of benzene rings is 1. The predicted octanol–water partition coefficient (Wildman–Crippen LogP) is 3.71. The Kier molecular flexibility index (Phi) is 3.04. The van der Waals surface area contributed by atoms with E-state index in [0.29, 0.717) is 11.0 Å². The second-order valence-electron chi connectivity index (χ2n) is 5.18. The number of fused-ring (bicyclic) bond motifs is 1. The highest BCUT2D eigenvalue weighted by atomic mass is 35.5. The summed E-state index contributed by atoms with van der Waals surface area (Å²) in [4.78, 5) is 4.34. The average Bonchev–Trinajstić information content (AvgIpc) is 2.58. The van der Waals surface area contributed by atoms with Crippen molar-refractivity contribution in [3.05, 3.63) is 23.2 Å². The molecule has 4 heteroatoms. The molecule has 0 amide bonds. The third kappa shape index (κ3) is 2.25. The molecule has 0 aliphatic rings. The molecule has 92 valence electrons. The van der Waals surface area contributed by atoms with Gasteiger partial charge in [0, 0.05) is 6.54 Å². The van der Waals surface area contributed by atoms with Gasteiger partial charge in [-0.05, 0) is 24.0 Å². The first kappa shape index (κ1) is 12.2. The van der Waals surface area contributed by atoms with Crippen LogP contribution in [-0.2, 0) is 6.54 Å². The van der Waals surface area contributed by atoms with E-state index in [9.17, 15) is 0 Å². The Morgan fingerprint density at radius 3 is 2.76 bits per heavy atom. The zero-order valence-corrected chi connectivity index (χ0v) is 11.3. The first-order valence-corrected chi connectivity index (χ1v) is 6.22. The third-order valence-electron chi connectivity index (χ3n) is 3.30. The molecule has 0 unspecified atom stereocenters. The molecule has 0 aliphatic heterocycles. The number of nitrogens with two attached hydrogens (primary N) is 1. The first-order valence-electron chi connectivity index (χ1n) is 5.85. The summed E-state index contributed by atoms with van der Waals surface area (Å²) in [5.41, 5.74) is 7.98. The topological polar surface area (TPSA) is 43.8 Å². The van der Waals surface area contributed by atoms with Gasteiger partial charge in [0.25, 0.3) is 0 Å². The van der Waals surface area contributed by atoms with Crippen molar-refractivity contribution in [2.24, 2.45) is 5.41 Å². The van der Waals surface area contributed by atoms with Gasteiger partial charge in [0.2, 0.25) is 5.95 Å². The van der Waals surface area contributed by atoms with Crippen molar-refractivity contribution in [1.29, 1.82) is 0 Å². The molecule has 0 saturated carbocycles. The van der Waals surface area contributed by atoms with E-state index in [0.717, 1.165) is 24.0 Å². The van der Waals surface area contributed by atoms with Gasteiger partial charge in [0.15, 0.2) is 0 Å². The van der Waals surface area contributed by atoms with Gasteiger partial charge in [-0.2, -0.15) is 0 Å². The van der Waals surface area contributed by atoms with Gasteiger partial charge in [-0.25, -0.2) is 4.98 Å². The lowest BCUT2D eigenvalue weighted by molar-refractivity contribution is 0.300. The number of imidazole rings is 1. The van der Waals surface area contributed by atoms with Gasteiger partial charge in [-0.15, -0.1) is 0 Å². The second-order valence-corrected chi connectivity index (χ2v) is 5.59. The summed E-state index contributed by atoms with van der Waals surface area (Å²) in [7, 11) is 0. The molecule has 0 aliphatic carbocycles. The Bertz CT molecular complexity index is 543. The highest BCUT2D eigenvalue weighted by molar-refractivity contribution is 6.35. The van der Waals surface area contributed by atoms with Crippen molar-refractivity contribution < 1.29 is 0 Å². The molecule has 0 spiro atoms. The van der Waals surface area contributed by atoms with Crippen LogP contribution in [0.5, 0.6) is 0 Å². The number of nitrogens with zero attached hydrogens (tertiary/aromatic N) is 2. The number of hydrogen-bond donors (Lipinski definition) is 1. The van der Waals surface area contributed by atoms with E-state index in [4.69, 9.17) is 17.3 Å². The molecule has 0 atom stereocenters. The fourth-order valence-corrected chi connectivity index (χ4v) is 2.05. The van der Waals surface area contributed by atoms with Gasteiger partial charge >= 0.3 is 0 Å². The Morgan fingerprint density at radius 2 is 2.12 bits per heavy atom. The minimum Gasteiger partial charge on any atom is -0.369 e.